The Bertz CT molecular complexity index is 685. The molecule has 0 spiro atoms. The second-order valence-electron chi connectivity index (χ2n) is 4.16. The maximum Gasteiger partial charge on any atom is 0.255 e. The molecule has 2 nitrogen and oxygen atoms in total. The minimum Gasteiger partial charge on any atom is -0.322 e. The second-order valence-corrected chi connectivity index (χ2v) is 5.79. The number of aryl methyl sites for hydroxylation is 1. The molecule has 0 aromatic heterocycles. The summed E-state index contributed by atoms with van der Waals surface area (Å²) in [4.78, 5) is 12.1. The number of anilines is 1. The maximum absolute atomic E-state index is 12.1. The van der Waals surface area contributed by atoms with E-state index in [1.165, 1.54) is 6.07 Å². The van der Waals surface area contributed by atoms with E-state index in [4.69, 9.17) is 46.4 Å². The molecule has 0 saturated heterocycles. The number of amides is 1. The lowest BCUT2D eigenvalue weighted by Gasteiger charge is -2.10. The van der Waals surface area contributed by atoms with Gasteiger partial charge < -0.3 is 5.32 Å². The van der Waals surface area contributed by atoms with Gasteiger partial charge in [-0.2, -0.15) is 0 Å². The molecular weight excluding hydrogens is 340 g/mol. The summed E-state index contributed by atoms with van der Waals surface area (Å²) < 4.78 is 0. The van der Waals surface area contributed by atoms with E-state index in [9.17, 15) is 4.79 Å². The molecule has 0 fully saturated rings. The van der Waals surface area contributed by atoms with Crippen LogP contribution in [0.3, 0.4) is 0 Å². The Morgan fingerprint density at radius 1 is 0.900 bits per heavy atom. The number of benzene rings is 2. The van der Waals surface area contributed by atoms with Gasteiger partial charge in [-0.05, 0) is 42.8 Å². The standard InChI is InChI=1S/C14H9Cl4NO/c1-7-4-10(16)12(18)6-13(7)19-14(20)8-2-3-9(15)11(17)5-8/h2-6H,1H3,(H,19,20). The lowest BCUT2D eigenvalue weighted by molar-refractivity contribution is 0.102. The van der Waals surface area contributed by atoms with Gasteiger partial charge in [0.2, 0.25) is 0 Å². The molecule has 0 radical (unpaired) electrons. The van der Waals surface area contributed by atoms with E-state index in [0.29, 0.717) is 31.3 Å². The summed E-state index contributed by atoms with van der Waals surface area (Å²) in [6.45, 7) is 1.83. The second kappa shape index (κ2) is 6.23. The number of carbonyl (C=O) groups is 1. The molecule has 2 aromatic rings. The average Bonchev–Trinajstić information content (AvgIpc) is 2.39. The summed E-state index contributed by atoms with van der Waals surface area (Å²) in [6.07, 6.45) is 0. The molecule has 6 heteroatoms. The highest BCUT2D eigenvalue weighted by Gasteiger charge is 2.11. The van der Waals surface area contributed by atoms with Crippen molar-refractivity contribution in [1.82, 2.24) is 0 Å². The van der Waals surface area contributed by atoms with Gasteiger partial charge in [-0.25, -0.2) is 0 Å². The number of carbonyl (C=O) groups excluding carboxylic acids is 1. The number of hydrogen-bond donors (Lipinski definition) is 1. The molecule has 0 aliphatic rings. The largest absolute Gasteiger partial charge is 0.322 e. The first-order valence-corrected chi connectivity index (χ1v) is 7.11. The summed E-state index contributed by atoms with van der Waals surface area (Å²) in [5.74, 6) is -0.301. The lowest BCUT2D eigenvalue weighted by Crippen LogP contribution is -2.12. The molecule has 104 valence electrons. The monoisotopic (exact) mass is 347 g/mol. The van der Waals surface area contributed by atoms with Gasteiger partial charge in [0.05, 0.1) is 20.1 Å². The minimum absolute atomic E-state index is 0.301. The zero-order valence-corrected chi connectivity index (χ0v) is 13.3. The van der Waals surface area contributed by atoms with Crippen molar-refractivity contribution in [2.45, 2.75) is 6.92 Å². The fourth-order valence-electron chi connectivity index (χ4n) is 1.61. The van der Waals surface area contributed by atoms with E-state index in [-0.39, 0.29) is 5.91 Å². The zero-order chi connectivity index (χ0) is 14.9. The summed E-state index contributed by atoms with van der Waals surface area (Å²) in [6, 6.07) is 7.96. The number of halogens is 4. The SMILES string of the molecule is Cc1cc(Cl)c(Cl)cc1NC(=O)c1ccc(Cl)c(Cl)c1. The first-order chi connectivity index (χ1) is 9.38. The molecule has 0 atom stereocenters. The van der Waals surface area contributed by atoms with E-state index >= 15 is 0 Å². The van der Waals surface area contributed by atoms with E-state index in [0.717, 1.165) is 5.56 Å². The van der Waals surface area contributed by atoms with E-state index in [1.807, 2.05) is 6.92 Å². The Kier molecular flexibility index (Phi) is 4.82. The van der Waals surface area contributed by atoms with Crippen LogP contribution >= 0.6 is 46.4 Å². The third-order valence-corrected chi connectivity index (χ3v) is 4.16. The van der Waals surface area contributed by atoms with E-state index in [2.05, 4.69) is 5.32 Å². The van der Waals surface area contributed by atoms with Crippen LogP contribution in [-0.2, 0) is 0 Å². The summed E-state index contributed by atoms with van der Waals surface area (Å²) in [5.41, 5.74) is 1.81. The highest BCUT2D eigenvalue weighted by Crippen LogP contribution is 2.29. The average molecular weight is 349 g/mol. The highest BCUT2D eigenvalue weighted by atomic mass is 35.5. The maximum atomic E-state index is 12.1. The van der Waals surface area contributed by atoms with Crippen LogP contribution in [0.2, 0.25) is 20.1 Å². The molecule has 1 N–H and O–H groups in total. The third kappa shape index (κ3) is 3.39. The normalized spacial score (nSPS) is 10.4. The van der Waals surface area contributed by atoms with Crippen LogP contribution in [0.1, 0.15) is 15.9 Å². The van der Waals surface area contributed by atoms with Crippen molar-refractivity contribution in [3.8, 4) is 0 Å². The van der Waals surface area contributed by atoms with Gasteiger partial charge in [0.25, 0.3) is 5.91 Å². The van der Waals surface area contributed by atoms with Crippen molar-refractivity contribution >= 4 is 58.0 Å². The number of hydrogen-bond acceptors (Lipinski definition) is 1. The Morgan fingerprint density at radius 2 is 1.50 bits per heavy atom. The topological polar surface area (TPSA) is 29.1 Å². The fraction of sp³-hybridized carbons (Fsp3) is 0.0714. The van der Waals surface area contributed by atoms with Crippen LogP contribution in [0.15, 0.2) is 30.3 Å². The van der Waals surface area contributed by atoms with Gasteiger partial charge in [0.1, 0.15) is 0 Å². The molecule has 1 amide bonds. The smallest absolute Gasteiger partial charge is 0.255 e. The molecule has 0 bridgehead atoms. The van der Waals surface area contributed by atoms with Crippen LogP contribution in [0.5, 0.6) is 0 Å². The Morgan fingerprint density at radius 3 is 2.15 bits per heavy atom. The van der Waals surface area contributed by atoms with Crippen LogP contribution in [0, 0.1) is 6.92 Å². The molecule has 0 unspecified atom stereocenters. The predicted octanol–water partition coefficient (Wildman–Crippen LogP) is 5.86. The Hall–Kier alpha value is -0.930. The third-order valence-electron chi connectivity index (χ3n) is 2.70. The van der Waals surface area contributed by atoms with Gasteiger partial charge in [0.15, 0.2) is 0 Å². The first kappa shape index (κ1) is 15.5. The van der Waals surface area contributed by atoms with Gasteiger partial charge in [-0.1, -0.05) is 46.4 Å². The van der Waals surface area contributed by atoms with Crippen molar-refractivity contribution in [3.63, 3.8) is 0 Å². The summed E-state index contributed by atoms with van der Waals surface area (Å²) >= 11 is 23.5. The zero-order valence-electron chi connectivity index (χ0n) is 10.3. The van der Waals surface area contributed by atoms with Gasteiger partial charge in [-0.3, -0.25) is 4.79 Å². The van der Waals surface area contributed by atoms with Gasteiger partial charge >= 0.3 is 0 Å². The highest BCUT2D eigenvalue weighted by molar-refractivity contribution is 6.42. The van der Waals surface area contributed by atoms with Crippen LogP contribution in [0.25, 0.3) is 0 Å². The molecule has 0 aliphatic carbocycles. The van der Waals surface area contributed by atoms with Crippen molar-refractivity contribution in [1.29, 1.82) is 0 Å². The van der Waals surface area contributed by atoms with Crippen molar-refractivity contribution < 1.29 is 4.79 Å². The molecule has 2 aromatic carbocycles. The Balaban J connectivity index is 2.27. The molecule has 0 saturated carbocycles. The molecule has 20 heavy (non-hydrogen) atoms. The summed E-state index contributed by atoms with van der Waals surface area (Å²) in [5, 5.41) is 4.30. The minimum atomic E-state index is -0.301. The van der Waals surface area contributed by atoms with Crippen molar-refractivity contribution in [2.75, 3.05) is 5.32 Å². The lowest BCUT2D eigenvalue weighted by atomic mass is 10.1. The van der Waals surface area contributed by atoms with E-state index < -0.39 is 0 Å². The van der Waals surface area contributed by atoms with Gasteiger partial charge in [-0.15, -0.1) is 0 Å². The molecule has 2 rings (SSSR count). The van der Waals surface area contributed by atoms with Crippen molar-refractivity contribution in [2.24, 2.45) is 0 Å². The first-order valence-electron chi connectivity index (χ1n) is 5.60. The summed E-state index contributed by atoms with van der Waals surface area (Å²) in [7, 11) is 0. The molecular formula is C14H9Cl4NO. The molecule has 0 aliphatic heterocycles. The van der Waals surface area contributed by atoms with Crippen LogP contribution in [-0.4, -0.2) is 5.91 Å². The number of nitrogens with one attached hydrogen (secondary N) is 1. The quantitative estimate of drug-likeness (QED) is 0.723. The van der Waals surface area contributed by atoms with E-state index in [1.54, 1.807) is 24.3 Å². The van der Waals surface area contributed by atoms with Crippen LogP contribution < -0.4 is 5.32 Å². The Labute approximate surface area is 136 Å². The van der Waals surface area contributed by atoms with Gasteiger partial charge in [0, 0.05) is 11.3 Å². The predicted molar refractivity (Wildman–Crippen MR) is 85.6 cm³/mol. The fourth-order valence-corrected chi connectivity index (χ4v) is 2.29. The van der Waals surface area contributed by atoms with Crippen LogP contribution in [0.4, 0.5) is 5.69 Å². The molecule has 0 heterocycles. The number of rotatable bonds is 2. The van der Waals surface area contributed by atoms with Crippen molar-refractivity contribution in [3.05, 3.63) is 61.5 Å².